The van der Waals surface area contributed by atoms with Crippen LogP contribution in [-0.4, -0.2) is 23.1 Å². The first-order valence-corrected chi connectivity index (χ1v) is 8.17. The number of fused-ring (bicyclic) bond motifs is 3. The molecule has 0 radical (unpaired) electrons. The van der Waals surface area contributed by atoms with E-state index in [9.17, 15) is 9.59 Å². The molecule has 0 aliphatic carbocycles. The molecule has 0 amide bonds. The van der Waals surface area contributed by atoms with Crippen LogP contribution in [0.3, 0.4) is 0 Å². The van der Waals surface area contributed by atoms with E-state index in [1.54, 1.807) is 11.4 Å². The van der Waals surface area contributed by atoms with Crippen LogP contribution in [0.2, 0.25) is 0 Å². The Kier molecular flexibility index (Phi) is 3.38. The van der Waals surface area contributed by atoms with Crippen LogP contribution in [-0.2, 0) is 27.1 Å². The van der Waals surface area contributed by atoms with Crippen LogP contribution < -0.4 is 11.2 Å². The van der Waals surface area contributed by atoms with Crippen molar-refractivity contribution in [2.75, 3.05) is 0 Å². The molecule has 25 heavy (non-hydrogen) atoms. The smallest absolute Gasteiger partial charge is 0.317 e. The second-order valence-corrected chi connectivity index (χ2v) is 6.32. The number of imidazole rings is 2. The molecular formula is C18H19N5O2. The lowest BCUT2D eigenvalue weighted by molar-refractivity contribution is 0.602. The summed E-state index contributed by atoms with van der Waals surface area (Å²) in [6.45, 7) is 2.29. The summed E-state index contributed by atoms with van der Waals surface area (Å²) in [4.78, 5) is 30.1. The molecule has 0 N–H and O–H groups in total. The Hall–Kier alpha value is -3.09. The maximum absolute atomic E-state index is 13.0. The zero-order valence-electron chi connectivity index (χ0n) is 14.4. The van der Waals surface area contributed by atoms with Crippen LogP contribution in [0.25, 0.3) is 16.9 Å². The van der Waals surface area contributed by atoms with Crippen molar-refractivity contribution in [3.63, 3.8) is 0 Å². The van der Waals surface area contributed by atoms with E-state index in [1.807, 2.05) is 55.1 Å². The van der Waals surface area contributed by atoms with E-state index in [0.717, 1.165) is 11.3 Å². The largest absolute Gasteiger partial charge is 0.332 e. The molecule has 0 spiro atoms. The van der Waals surface area contributed by atoms with Crippen LogP contribution >= 0.6 is 0 Å². The second-order valence-electron chi connectivity index (χ2n) is 6.32. The maximum atomic E-state index is 13.0. The zero-order chi connectivity index (χ0) is 17.7. The van der Waals surface area contributed by atoms with E-state index < -0.39 is 0 Å². The number of hydrogen-bond donors (Lipinski definition) is 0. The van der Waals surface area contributed by atoms with Gasteiger partial charge in [0.05, 0.1) is 0 Å². The van der Waals surface area contributed by atoms with Gasteiger partial charge in [-0.05, 0) is 18.9 Å². The molecule has 0 bridgehead atoms. The number of rotatable bonds is 3. The molecule has 7 nitrogen and oxygen atoms in total. The highest BCUT2D eigenvalue weighted by Gasteiger charge is 2.19. The van der Waals surface area contributed by atoms with Gasteiger partial charge in [-0.2, -0.15) is 4.98 Å². The summed E-state index contributed by atoms with van der Waals surface area (Å²) < 4.78 is 6.42. The predicted molar refractivity (Wildman–Crippen MR) is 96.1 cm³/mol. The standard InChI is InChI=1S/C18H19N5O2/c1-12-11-23-14-15(19-17(23)20(12)2)21(3)18(25)22(16(14)24)10-9-13-7-5-4-6-8-13/h4-8,11H,9-10H2,1-3H3. The molecule has 4 rings (SSSR count). The first-order chi connectivity index (χ1) is 12.0. The summed E-state index contributed by atoms with van der Waals surface area (Å²) in [6, 6.07) is 9.83. The average molecular weight is 337 g/mol. The Morgan fingerprint density at radius 2 is 1.76 bits per heavy atom. The van der Waals surface area contributed by atoms with Crippen molar-refractivity contribution >= 4 is 16.9 Å². The van der Waals surface area contributed by atoms with Crippen LogP contribution in [0.15, 0.2) is 46.1 Å². The molecule has 128 valence electrons. The van der Waals surface area contributed by atoms with Crippen molar-refractivity contribution in [1.29, 1.82) is 0 Å². The second kappa shape index (κ2) is 5.47. The lowest BCUT2D eigenvalue weighted by Gasteiger charge is -2.08. The number of hydrogen-bond acceptors (Lipinski definition) is 3. The normalized spacial score (nSPS) is 11.6. The maximum Gasteiger partial charge on any atom is 0.332 e. The fourth-order valence-electron chi connectivity index (χ4n) is 3.20. The summed E-state index contributed by atoms with van der Waals surface area (Å²) in [7, 11) is 3.55. The highest BCUT2D eigenvalue weighted by Crippen LogP contribution is 2.14. The van der Waals surface area contributed by atoms with Crippen molar-refractivity contribution in [3.8, 4) is 0 Å². The van der Waals surface area contributed by atoms with Gasteiger partial charge in [-0.15, -0.1) is 0 Å². The van der Waals surface area contributed by atoms with E-state index in [4.69, 9.17) is 0 Å². The molecule has 0 fully saturated rings. The number of benzene rings is 1. The molecule has 0 atom stereocenters. The SMILES string of the molecule is Cc1cn2c3c(=O)n(CCc4ccccc4)c(=O)n(C)c3nc2n1C. The van der Waals surface area contributed by atoms with E-state index in [-0.39, 0.29) is 11.2 Å². The molecule has 0 aliphatic rings. The minimum Gasteiger partial charge on any atom is -0.317 e. The van der Waals surface area contributed by atoms with E-state index >= 15 is 0 Å². The lowest BCUT2D eigenvalue weighted by Crippen LogP contribution is -2.39. The Labute approximate surface area is 143 Å². The van der Waals surface area contributed by atoms with Crippen molar-refractivity contribution in [1.82, 2.24) is 23.1 Å². The fraction of sp³-hybridized carbons (Fsp3) is 0.278. The van der Waals surface area contributed by atoms with Gasteiger partial charge in [0, 0.05) is 32.5 Å². The Morgan fingerprint density at radius 3 is 2.48 bits per heavy atom. The van der Waals surface area contributed by atoms with Crippen molar-refractivity contribution in [2.45, 2.75) is 19.9 Å². The van der Waals surface area contributed by atoms with Gasteiger partial charge in [-0.1, -0.05) is 30.3 Å². The van der Waals surface area contributed by atoms with Crippen LogP contribution in [0.1, 0.15) is 11.3 Å². The highest BCUT2D eigenvalue weighted by atomic mass is 16.2. The third-order valence-corrected chi connectivity index (χ3v) is 4.77. The van der Waals surface area contributed by atoms with Gasteiger partial charge < -0.3 is 4.57 Å². The summed E-state index contributed by atoms with van der Waals surface area (Å²) in [6.07, 6.45) is 2.50. The number of aromatic nitrogens is 5. The van der Waals surface area contributed by atoms with Gasteiger partial charge in [-0.25, -0.2) is 4.79 Å². The molecule has 0 aliphatic heterocycles. The lowest BCUT2D eigenvalue weighted by atomic mass is 10.1. The predicted octanol–water partition coefficient (Wildman–Crippen LogP) is 1.24. The zero-order valence-corrected chi connectivity index (χ0v) is 14.4. The molecule has 0 saturated heterocycles. The monoisotopic (exact) mass is 337 g/mol. The molecule has 1 aromatic carbocycles. The minimum absolute atomic E-state index is 0.299. The highest BCUT2D eigenvalue weighted by molar-refractivity contribution is 5.75. The molecule has 4 aromatic rings. The Morgan fingerprint density at radius 1 is 1.04 bits per heavy atom. The molecule has 3 aromatic heterocycles. The van der Waals surface area contributed by atoms with Crippen LogP contribution in [0.4, 0.5) is 0 Å². The summed E-state index contributed by atoms with van der Waals surface area (Å²) in [5, 5.41) is 0. The van der Waals surface area contributed by atoms with E-state index in [1.165, 1.54) is 9.13 Å². The van der Waals surface area contributed by atoms with Gasteiger partial charge in [-0.3, -0.25) is 18.3 Å². The summed E-state index contributed by atoms with van der Waals surface area (Å²) in [5.74, 6) is 0.653. The third kappa shape index (κ3) is 2.23. The van der Waals surface area contributed by atoms with Crippen molar-refractivity contribution in [3.05, 3.63) is 68.6 Å². The van der Waals surface area contributed by atoms with Crippen LogP contribution in [0.5, 0.6) is 0 Å². The summed E-state index contributed by atoms with van der Waals surface area (Å²) >= 11 is 0. The molecule has 0 saturated carbocycles. The third-order valence-electron chi connectivity index (χ3n) is 4.77. The van der Waals surface area contributed by atoms with Gasteiger partial charge in [0.15, 0.2) is 11.2 Å². The fourth-order valence-corrected chi connectivity index (χ4v) is 3.20. The number of nitrogens with zero attached hydrogens (tertiary/aromatic N) is 5. The molecule has 0 unspecified atom stereocenters. The first kappa shape index (κ1) is 15.4. The molecule has 3 heterocycles. The van der Waals surface area contributed by atoms with Gasteiger partial charge in [0.25, 0.3) is 5.56 Å². The van der Waals surface area contributed by atoms with E-state index in [2.05, 4.69) is 4.98 Å². The molecule has 7 heteroatoms. The Bertz CT molecular complexity index is 1210. The summed E-state index contributed by atoms with van der Waals surface area (Å²) in [5.41, 5.74) is 2.30. The Balaban J connectivity index is 1.92. The van der Waals surface area contributed by atoms with Gasteiger partial charge >= 0.3 is 5.69 Å². The van der Waals surface area contributed by atoms with Crippen molar-refractivity contribution in [2.24, 2.45) is 14.1 Å². The molecular weight excluding hydrogens is 318 g/mol. The quantitative estimate of drug-likeness (QED) is 0.565. The van der Waals surface area contributed by atoms with Crippen molar-refractivity contribution < 1.29 is 0 Å². The van der Waals surface area contributed by atoms with E-state index in [0.29, 0.717) is 29.9 Å². The topological polar surface area (TPSA) is 66.2 Å². The minimum atomic E-state index is -0.339. The van der Waals surface area contributed by atoms with Gasteiger partial charge in [0.1, 0.15) is 0 Å². The van der Waals surface area contributed by atoms with Crippen LogP contribution in [0, 0.1) is 6.92 Å². The average Bonchev–Trinajstić information content (AvgIpc) is 3.11. The van der Waals surface area contributed by atoms with Gasteiger partial charge in [0.2, 0.25) is 5.78 Å². The number of aryl methyl sites for hydroxylation is 4. The first-order valence-electron chi connectivity index (χ1n) is 8.17.